The highest BCUT2D eigenvalue weighted by molar-refractivity contribution is 6.33. The van der Waals surface area contributed by atoms with Crippen LogP contribution in [-0.2, 0) is 17.9 Å². The third kappa shape index (κ3) is 3.41. The molecular formula is C17H16ClFN4O2. The zero-order valence-corrected chi connectivity index (χ0v) is 14.3. The van der Waals surface area contributed by atoms with Crippen molar-refractivity contribution in [1.82, 2.24) is 14.5 Å². The average molecular weight is 363 g/mol. The quantitative estimate of drug-likeness (QED) is 0.853. The molecule has 6 nitrogen and oxygen atoms in total. The number of para-hydroxylation sites is 1. The zero-order valence-electron chi connectivity index (χ0n) is 13.5. The Morgan fingerprint density at radius 1 is 1.32 bits per heavy atom. The minimum atomic E-state index is -0.795. The van der Waals surface area contributed by atoms with Crippen LogP contribution in [0.25, 0.3) is 0 Å². The monoisotopic (exact) mass is 362 g/mol. The van der Waals surface area contributed by atoms with E-state index in [1.165, 1.54) is 18.0 Å². The van der Waals surface area contributed by atoms with Crippen molar-refractivity contribution in [3.8, 4) is 0 Å². The Kier molecular flexibility index (Phi) is 4.85. The van der Waals surface area contributed by atoms with E-state index in [4.69, 9.17) is 11.6 Å². The summed E-state index contributed by atoms with van der Waals surface area (Å²) >= 11 is 6.05. The Morgan fingerprint density at radius 3 is 2.80 bits per heavy atom. The molecule has 1 aliphatic heterocycles. The van der Waals surface area contributed by atoms with Crippen molar-refractivity contribution in [2.45, 2.75) is 20.0 Å². The topological polar surface area (TPSA) is 67.2 Å². The van der Waals surface area contributed by atoms with E-state index in [2.05, 4.69) is 10.3 Å². The van der Waals surface area contributed by atoms with Gasteiger partial charge in [-0.05, 0) is 25.1 Å². The maximum atomic E-state index is 13.5. The molecule has 2 amide bonds. The summed E-state index contributed by atoms with van der Waals surface area (Å²) in [6, 6.07) is 6.93. The lowest BCUT2D eigenvalue weighted by Crippen LogP contribution is -2.39. The van der Waals surface area contributed by atoms with E-state index in [0.717, 1.165) is 6.08 Å². The second-order valence-electron chi connectivity index (χ2n) is 5.51. The van der Waals surface area contributed by atoms with Crippen molar-refractivity contribution < 1.29 is 14.0 Å². The van der Waals surface area contributed by atoms with Gasteiger partial charge in [0.2, 0.25) is 0 Å². The van der Waals surface area contributed by atoms with Crippen molar-refractivity contribution in [2.75, 3.05) is 11.9 Å². The number of benzene rings is 1. The molecule has 1 aliphatic rings. The number of allylic oxidation sites excluding steroid dienone is 1. The first kappa shape index (κ1) is 17.2. The zero-order chi connectivity index (χ0) is 18.0. The Balaban J connectivity index is 1.77. The standard InChI is InChI=1S/C17H16ClFN4O2/c1-2-12(19)17(25)22-7-8-23-14(9-20-15(23)10-22)16(24)21-13-6-4-3-5-11(13)18/h2-6,9H,7-8,10H2,1H3,(H,21,24)/b12-2-. The molecule has 2 aromatic rings. The molecule has 0 bridgehead atoms. The molecule has 0 aliphatic carbocycles. The van der Waals surface area contributed by atoms with Crippen LogP contribution in [0.1, 0.15) is 23.2 Å². The van der Waals surface area contributed by atoms with Crippen LogP contribution in [0, 0.1) is 0 Å². The van der Waals surface area contributed by atoms with Crippen LogP contribution in [0.15, 0.2) is 42.4 Å². The number of anilines is 1. The second kappa shape index (κ2) is 7.06. The van der Waals surface area contributed by atoms with Crippen molar-refractivity contribution in [1.29, 1.82) is 0 Å². The molecule has 0 saturated carbocycles. The Morgan fingerprint density at radius 2 is 2.08 bits per heavy atom. The minimum Gasteiger partial charge on any atom is -0.327 e. The number of fused-ring (bicyclic) bond motifs is 1. The van der Waals surface area contributed by atoms with E-state index < -0.39 is 11.7 Å². The van der Waals surface area contributed by atoms with Crippen LogP contribution in [-0.4, -0.2) is 32.8 Å². The maximum absolute atomic E-state index is 13.5. The number of aromatic nitrogens is 2. The number of imidazole rings is 1. The van der Waals surface area contributed by atoms with Gasteiger partial charge in [0.15, 0.2) is 5.83 Å². The van der Waals surface area contributed by atoms with Gasteiger partial charge in [0.05, 0.1) is 23.5 Å². The van der Waals surface area contributed by atoms with E-state index in [1.807, 2.05) is 0 Å². The SMILES string of the molecule is C/C=C(\F)C(=O)N1CCn2c(C(=O)Nc3ccccc3Cl)cnc2C1. The molecule has 3 rings (SSSR count). The van der Waals surface area contributed by atoms with Crippen LogP contribution in [0.4, 0.5) is 10.1 Å². The molecule has 0 unspecified atom stereocenters. The molecule has 0 radical (unpaired) electrons. The van der Waals surface area contributed by atoms with Gasteiger partial charge in [-0.15, -0.1) is 0 Å². The van der Waals surface area contributed by atoms with Gasteiger partial charge in [-0.1, -0.05) is 23.7 Å². The molecule has 25 heavy (non-hydrogen) atoms. The lowest BCUT2D eigenvalue weighted by molar-refractivity contribution is -0.130. The first-order valence-corrected chi connectivity index (χ1v) is 8.10. The van der Waals surface area contributed by atoms with E-state index in [-0.39, 0.29) is 12.5 Å². The fraction of sp³-hybridized carbons (Fsp3) is 0.235. The summed E-state index contributed by atoms with van der Waals surface area (Å²) in [6.07, 6.45) is 2.58. The number of amides is 2. The first-order chi connectivity index (χ1) is 12.0. The lowest BCUT2D eigenvalue weighted by atomic mass is 10.3. The van der Waals surface area contributed by atoms with E-state index >= 15 is 0 Å². The molecular weight excluding hydrogens is 347 g/mol. The molecule has 1 aromatic heterocycles. The summed E-state index contributed by atoms with van der Waals surface area (Å²) in [6.45, 7) is 2.29. The van der Waals surface area contributed by atoms with Gasteiger partial charge < -0.3 is 14.8 Å². The van der Waals surface area contributed by atoms with Crippen LogP contribution >= 0.6 is 11.6 Å². The Labute approximate surface area is 148 Å². The number of carbonyl (C=O) groups excluding carboxylic acids is 2. The highest BCUT2D eigenvalue weighted by Gasteiger charge is 2.27. The number of hydrogen-bond acceptors (Lipinski definition) is 3. The van der Waals surface area contributed by atoms with E-state index in [9.17, 15) is 14.0 Å². The summed E-state index contributed by atoms with van der Waals surface area (Å²) in [5, 5.41) is 3.18. The van der Waals surface area contributed by atoms with Gasteiger partial charge in [0.25, 0.3) is 11.8 Å². The normalized spacial score (nSPS) is 14.2. The predicted molar refractivity (Wildman–Crippen MR) is 91.9 cm³/mol. The van der Waals surface area contributed by atoms with Crippen LogP contribution in [0.5, 0.6) is 0 Å². The molecule has 0 atom stereocenters. The third-order valence-corrected chi connectivity index (χ3v) is 4.29. The minimum absolute atomic E-state index is 0.152. The average Bonchev–Trinajstić information content (AvgIpc) is 3.05. The molecule has 130 valence electrons. The van der Waals surface area contributed by atoms with Crippen molar-refractivity contribution >= 4 is 29.1 Å². The van der Waals surface area contributed by atoms with Gasteiger partial charge in [-0.25, -0.2) is 9.37 Å². The highest BCUT2D eigenvalue weighted by Crippen LogP contribution is 2.22. The van der Waals surface area contributed by atoms with Crippen molar-refractivity contribution in [2.24, 2.45) is 0 Å². The maximum Gasteiger partial charge on any atom is 0.282 e. The number of carbonyl (C=O) groups is 2. The van der Waals surface area contributed by atoms with Crippen molar-refractivity contribution in [3.63, 3.8) is 0 Å². The van der Waals surface area contributed by atoms with Crippen LogP contribution in [0.2, 0.25) is 5.02 Å². The lowest BCUT2D eigenvalue weighted by Gasteiger charge is -2.27. The van der Waals surface area contributed by atoms with Gasteiger partial charge in [0.1, 0.15) is 11.5 Å². The van der Waals surface area contributed by atoms with Crippen molar-refractivity contribution in [3.05, 3.63) is 58.9 Å². The predicted octanol–water partition coefficient (Wildman–Crippen LogP) is 3.00. The van der Waals surface area contributed by atoms with Crippen LogP contribution in [0.3, 0.4) is 0 Å². The molecule has 1 aromatic carbocycles. The number of nitrogens with one attached hydrogen (secondary N) is 1. The summed E-state index contributed by atoms with van der Waals surface area (Å²) in [7, 11) is 0. The molecule has 1 N–H and O–H groups in total. The summed E-state index contributed by atoms with van der Waals surface area (Å²) in [4.78, 5) is 30.0. The number of nitrogens with zero attached hydrogens (tertiary/aromatic N) is 3. The summed E-state index contributed by atoms with van der Waals surface area (Å²) in [5.41, 5.74) is 0.876. The molecule has 2 heterocycles. The highest BCUT2D eigenvalue weighted by atomic mass is 35.5. The van der Waals surface area contributed by atoms with Gasteiger partial charge >= 0.3 is 0 Å². The molecule has 0 fully saturated rings. The fourth-order valence-corrected chi connectivity index (χ4v) is 2.82. The smallest absolute Gasteiger partial charge is 0.282 e. The van der Waals surface area contributed by atoms with Gasteiger partial charge in [-0.2, -0.15) is 0 Å². The number of hydrogen-bond donors (Lipinski definition) is 1. The number of halogens is 2. The number of rotatable bonds is 3. The summed E-state index contributed by atoms with van der Waals surface area (Å²) < 4.78 is 15.2. The third-order valence-electron chi connectivity index (χ3n) is 3.96. The van der Waals surface area contributed by atoms with E-state index in [0.29, 0.717) is 35.3 Å². The fourth-order valence-electron chi connectivity index (χ4n) is 2.64. The largest absolute Gasteiger partial charge is 0.327 e. The molecule has 8 heteroatoms. The summed E-state index contributed by atoms with van der Waals surface area (Å²) in [5.74, 6) is -1.27. The van der Waals surface area contributed by atoms with Gasteiger partial charge in [0, 0.05) is 13.1 Å². The second-order valence-corrected chi connectivity index (χ2v) is 5.92. The van der Waals surface area contributed by atoms with Crippen LogP contribution < -0.4 is 5.32 Å². The molecule has 0 saturated heterocycles. The Hall–Kier alpha value is -2.67. The molecule has 0 spiro atoms. The van der Waals surface area contributed by atoms with Gasteiger partial charge in [-0.3, -0.25) is 9.59 Å². The Bertz CT molecular complexity index is 862. The van der Waals surface area contributed by atoms with E-state index in [1.54, 1.807) is 28.8 Å². The first-order valence-electron chi connectivity index (χ1n) is 7.72.